The third-order valence-corrected chi connectivity index (χ3v) is 27.9. The molecule has 18 unspecified atom stereocenters. The summed E-state index contributed by atoms with van der Waals surface area (Å²) >= 11 is 0. The molecule has 0 heterocycles. The lowest BCUT2D eigenvalue weighted by Crippen LogP contribution is -2.42. The Bertz CT molecular complexity index is 2740. The van der Waals surface area contributed by atoms with Gasteiger partial charge < -0.3 is 37.9 Å². The van der Waals surface area contributed by atoms with Gasteiger partial charge in [0.2, 0.25) is 0 Å². The first-order chi connectivity index (χ1) is 46.9. The summed E-state index contributed by atoms with van der Waals surface area (Å²) in [7, 11) is 0. The van der Waals surface area contributed by atoms with Gasteiger partial charge in [-0.05, 0) is 284 Å². The van der Waals surface area contributed by atoms with Gasteiger partial charge in [-0.1, -0.05) is 134 Å². The minimum atomic E-state index is -0.452. The van der Waals surface area contributed by atoms with E-state index >= 15 is 0 Å². The quantitative estimate of drug-likeness (QED) is 0.0729. The van der Waals surface area contributed by atoms with Gasteiger partial charge in [-0.25, -0.2) is 0 Å². The van der Waals surface area contributed by atoms with Crippen LogP contribution < -0.4 is 0 Å². The number of hydrogen-bond acceptors (Lipinski definition) is 16. The summed E-state index contributed by atoms with van der Waals surface area (Å²) < 4.78 is 47.3. The summed E-state index contributed by atoms with van der Waals surface area (Å²) in [4.78, 5) is 101. The third-order valence-electron chi connectivity index (χ3n) is 27.9. The highest BCUT2D eigenvalue weighted by Crippen LogP contribution is 2.56. The van der Waals surface area contributed by atoms with E-state index < -0.39 is 10.8 Å². The largest absolute Gasteiger partial charge is 0.462 e. The summed E-state index contributed by atoms with van der Waals surface area (Å²) in [5.74, 6) is 1.64. The van der Waals surface area contributed by atoms with E-state index in [1.165, 1.54) is 19.3 Å². The van der Waals surface area contributed by atoms with Gasteiger partial charge in [-0.2, -0.15) is 0 Å². The van der Waals surface area contributed by atoms with E-state index in [1.807, 2.05) is 69.2 Å². The van der Waals surface area contributed by atoms with Crippen molar-refractivity contribution in [2.45, 2.75) is 441 Å². The van der Waals surface area contributed by atoms with Crippen LogP contribution in [0.3, 0.4) is 0 Å². The second-order valence-electron chi connectivity index (χ2n) is 35.9. The van der Waals surface area contributed by atoms with Crippen molar-refractivity contribution in [3.8, 4) is 0 Å². The fraction of sp³-hybridized carbons (Fsp3) is 0.912. The molecule has 626 valence electrons. The van der Waals surface area contributed by atoms with Crippen LogP contribution in [0.2, 0.25) is 0 Å². The lowest BCUT2D eigenvalue weighted by atomic mass is 9.81. The molecular weight excluding hydrogens is 1350 g/mol. The lowest BCUT2D eigenvalue weighted by molar-refractivity contribution is -0.177. The molecule has 12 saturated carbocycles. The highest BCUT2D eigenvalue weighted by atomic mass is 16.6. The SMILES string of the molecule is C.C.C.C.C.C.C.C.CCC(C)(C)C(=O)OC1CC2CC(C(=O)OC3(C)CCCC3)C1C2.CCC(C)C(=O)OC1CC2CC(C(=O)OC3(C)CCCCC3)C1C2.CCC(C)C(=O)OC1CC2CC(C(=O)OC3(CC)CCCCC3)C1C2.CCC1(OC(=O)C2CC3CC(OC(=O)C(C)(C)CC)C2C3)CCCCC1. The molecule has 12 fully saturated rings. The Balaban J connectivity index is 0.000000696. The first-order valence-corrected chi connectivity index (χ1v) is 40.7. The van der Waals surface area contributed by atoms with Crippen LogP contribution in [0, 0.1) is 93.7 Å². The molecule has 0 aromatic rings. The molecule has 107 heavy (non-hydrogen) atoms. The minimum absolute atomic E-state index is 0. The molecule has 0 amide bonds. The van der Waals surface area contributed by atoms with Gasteiger partial charge in [0, 0.05) is 23.7 Å². The monoisotopic (exact) mass is 1520 g/mol. The zero-order valence-corrected chi connectivity index (χ0v) is 64.1. The molecule has 0 N–H and O–H groups in total. The average molecular weight is 1520 g/mol. The van der Waals surface area contributed by atoms with E-state index in [2.05, 4.69) is 27.7 Å². The van der Waals surface area contributed by atoms with Crippen LogP contribution in [0.25, 0.3) is 0 Å². The zero-order chi connectivity index (χ0) is 71.8. The van der Waals surface area contributed by atoms with Gasteiger partial charge in [0.25, 0.3) is 0 Å². The Morgan fingerprint density at radius 3 is 0.794 bits per heavy atom. The first-order valence-electron chi connectivity index (χ1n) is 40.7. The molecule has 0 aromatic heterocycles. The van der Waals surface area contributed by atoms with Crippen molar-refractivity contribution < 1.29 is 76.3 Å². The van der Waals surface area contributed by atoms with Crippen molar-refractivity contribution in [3.05, 3.63) is 0 Å². The third kappa shape index (κ3) is 24.6. The van der Waals surface area contributed by atoms with Gasteiger partial charge in [0.1, 0.15) is 46.8 Å². The molecular formula is C91H166O16. The molecule has 16 heteroatoms. The molecule has 16 nitrogen and oxygen atoms in total. The highest BCUT2D eigenvalue weighted by Gasteiger charge is 2.57. The molecule has 0 saturated heterocycles. The van der Waals surface area contributed by atoms with E-state index in [1.54, 1.807) is 0 Å². The van der Waals surface area contributed by atoms with E-state index in [0.717, 1.165) is 218 Å². The summed E-state index contributed by atoms with van der Waals surface area (Å²) in [6.07, 6.45) is 36.8. The predicted molar refractivity (Wildman–Crippen MR) is 433 cm³/mol. The smallest absolute Gasteiger partial charge is 0.311 e. The summed E-state index contributed by atoms with van der Waals surface area (Å²) in [6.45, 7) is 28.0. The number of hydrogen-bond donors (Lipinski definition) is 0. The van der Waals surface area contributed by atoms with E-state index in [-0.39, 0.29) is 213 Å². The molecule has 0 spiro atoms. The zero-order valence-electron chi connectivity index (χ0n) is 64.1. The van der Waals surface area contributed by atoms with Crippen molar-refractivity contribution >= 4 is 47.8 Å². The number of esters is 8. The van der Waals surface area contributed by atoms with Gasteiger partial charge in [0.15, 0.2) is 0 Å². The number of carbonyl (C=O) groups excluding carboxylic acids is 8. The number of carbonyl (C=O) groups is 8. The van der Waals surface area contributed by atoms with Gasteiger partial charge in [-0.15, -0.1) is 0 Å². The van der Waals surface area contributed by atoms with Gasteiger partial charge in [0.05, 0.1) is 46.3 Å². The fourth-order valence-corrected chi connectivity index (χ4v) is 19.8. The van der Waals surface area contributed by atoms with Crippen LogP contribution in [0.4, 0.5) is 0 Å². The second-order valence-corrected chi connectivity index (χ2v) is 35.9. The minimum Gasteiger partial charge on any atom is -0.462 e. The van der Waals surface area contributed by atoms with Crippen LogP contribution in [0.15, 0.2) is 0 Å². The second kappa shape index (κ2) is 43.1. The summed E-state index contributed by atoms with van der Waals surface area (Å²) in [5.41, 5.74) is -1.93. The maximum Gasteiger partial charge on any atom is 0.311 e. The molecule has 0 radical (unpaired) electrons. The van der Waals surface area contributed by atoms with Crippen LogP contribution >= 0.6 is 0 Å². The van der Waals surface area contributed by atoms with E-state index in [4.69, 9.17) is 37.9 Å². The van der Waals surface area contributed by atoms with Crippen molar-refractivity contribution in [1.82, 2.24) is 0 Å². The van der Waals surface area contributed by atoms with E-state index in [0.29, 0.717) is 23.7 Å². The maximum absolute atomic E-state index is 13.0. The van der Waals surface area contributed by atoms with Crippen molar-refractivity contribution in [1.29, 1.82) is 0 Å². The summed E-state index contributed by atoms with van der Waals surface area (Å²) in [5, 5.41) is 0. The van der Waals surface area contributed by atoms with Gasteiger partial charge >= 0.3 is 47.8 Å². The first kappa shape index (κ1) is 101. The Labute approximate surface area is 655 Å². The van der Waals surface area contributed by atoms with Crippen LogP contribution in [0.1, 0.15) is 394 Å². The molecule has 8 bridgehead atoms. The molecule has 0 aromatic carbocycles. The normalized spacial score (nSPS) is 31.8. The number of fused-ring (bicyclic) bond motifs is 8. The lowest BCUT2D eigenvalue weighted by Gasteiger charge is -2.38. The van der Waals surface area contributed by atoms with Crippen LogP contribution in [0.5, 0.6) is 0 Å². The molecule has 12 rings (SSSR count). The van der Waals surface area contributed by atoms with Crippen LogP contribution in [-0.2, 0) is 76.3 Å². The van der Waals surface area contributed by atoms with Crippen molar-refractivity contribution in [2.24, 2.45) is 93.7 Å². The average Bonchev–Trinajstić information content (AvgIpc) is 1.66. The standard InChI is InChI=1S/C22H36O4.C21H34O4.2C20H32O4.8CH4/c1-5-21(3,4)20(24)25-18-14-15-12-16(18)17(13-15)19(23)26-22(6-2)10-8-7-9-11-22;1-4-14(3)19(22)24-18-13-15-11-16(18)17(12-15)20(23)25-21(5-2)9-7-6-8-10-21;1-5-19(2,3)18(22)23-16-12-13-10-14(16)15(11-13)17(21)24-20(4)8-6-7-9-20;1-4-13(2)18(21)23-17-12-14-10-15(17)16(11-14)19(22)24-20(3)8-6-5-7-9-20;;;;;;;;/h15-18H,5-14H2,1-4H3;14-18H,4-13H2,1-3H3;13-16H,5-12H2,1-4H3;13-17H,4-12H2,1-3H3;8*1H4. The van der Waals surface area contributed by atoms with Crippen LogP contribution in [-0.4, -0.2) is 94.6 Å². The number of ether oxygens (including phenoxy) is 8. The van der Waals surface area contributed by atoms with E-state index in [9.17, 15) is 38.4 Å². The highest BCUT2D eigenvalue weighted by molar-refractivity contribution is 5.79. The Morgan fingerprint density at radius 2 is 0.561 bits per heavy atom. The molecule has 12 aliphatic carbocycles. The summed E-state index contributed by atoms with van der Waals surface area (Å²) in [6, 6.07) is 0. The fourth-order valence-electron chi connectivity index (χ4n) is 19.8. The Morgan fingerprint density at radius 1 is 0.327 bits per heavy atom. The van der Waals surface area contributed by atoms with Gasteiger partial charge in [-0.3, -0.25) is 38.4 Å². The van der Waals surface area contributed by atoms with Crippen molar-refractivity contribution in [2.75, 3.05) is 0 Å². The van der Waals surface area contributed by atoms with Crippen molar-refractivity contribution in [3.63, 3.8) is 0 Å². The predicted octanol–water partition coefficient (Wildman–Crippen LogP) is 23.3. The maximum atomic E-state index is 13.0. The molecule has 12 aliphatic rings. The molecule has 18 atom stereocenters. The Hall–Kier alpha value is -4.24. The molecule has 0 aliphatic heterocycles. The number of rotatable bonds is 22. The topological polar surface area (TPSA) is 210 Å². The Kier molecular flexibility index (Phi) is 40.6.